The summed E-state index contributed by atoms with van der Waals surface area (Å²) in [4.78, 5) is 26.6. The van der Waals surface area contributed by atoms with Crippen molar-refractivity contribution in [2.24, 2.45) is 0 Å². The lowest BCUT2D eigenvalue weighted by atomic mass is 10.2. The number of fused-ring (bicyclic) bond motifs is 1. The van der Waals surface area contributed by atoms with Gasteiger partial charge < -0.3 is 9.64 Å². The number of hydrogen-bond donors (Lipinski definition) is 0. The molecule has 0 N–H and O–H groups in total. The van der Waals surface area contributed by atoms with Crippen molar-refractivity contribution in [3.8, 4) is 0 Å². The summed E-state index contributed by atoms with van der Waals surface area (Å²) in [7, 11) is 0. The highest BCUT2D eigenvalue weighted by molar-refractivity contribution is 7.10. The third kappa shape index (κ3) is 2.41. The summed E-state index contributed by atoms with van der Waals surface area (Å²) in [6.45, 7) is 7.68. The van der Waals surface area contributed by atoms with E-state index in [9.17, 15) is 9.59 Å². The Morgan fingerprint density at radius 1 is 1.50 bits per heavy atom. The average Bonchev–Trinajstić information content (AvgIpc) is 2.78. The summed E-state index contributed by atoms with van der Waals surface area (Å²) in [6.07, 6.45) is 0. The fourth-order valence-electron chi connectivity index (χ4n) is 1.86. The van der Waals surface area contributed by atoms with Gasteiger partial charge in [0.05, 0.1) is 12.1 Å². The molecule has 18 heavy (non-hydrogen) atoms. The van der Waals surface area contributed by atoms with E-state index in [1.165, 1.54) is 0 Å². The van der Waals surface area contributed by atoms with Gasteiger partial charge in [-0.05, 0) is 39.1 Å². The second kappa shape index (κ2) is 4.39. The lowest BCUT2D eigenvalue weighted by Gasteiger charge is -2.27. The highest BCUT2D eigenvalue weighted by Crippen LogP contribution is 2.29. The molecule has 0 bridgehead atoms. The molecule has 1 aliphatic heterocycles. The molecule has 1 atom stereocenters. The molecule has 0 aliphatic carbocycles. The second-order valence-electron chi connectivity index (χ2n) is 5.40. The standard InChI is InChI=1S/C13H17NO3S/c1-8(12(16)17-13(2,3)4)14-7-10-9(11(14)15)5-6-18-10/h5-6,8H,7H2,1-4H3/t8-/m1/s1. The van der Waals surface area contributed by atoms with Crippen molar-refractivity contribution >= 4 is 23.2 Å². The average molecular weight is 267 g/mol. The zero-order valence-electron chi connectivity index (χ0n) is 11.0. The van der Waals surface area contributed by atoms with Gasteiger partial charge in [-0.3, -0.25) is 4.79 Å². The highest BCUT2D eigenvalue weighted by atomic mass is 32.1. The van der Waals surface area contributed by atoms with Gasteiger partial charge in [-0.1, -0.05) is 0 Å². The topological polar surface area (TPSA) is 46.6 Å². The molecule has 0 saturated heterocycles. The molecular formula is C13H17NO3S. The van der Waals surface area contributed by atoms with Gasteiger partial charge in [0.25, 0.3) is 5.91 Å². The minimum absolute atomic E-state index is 0.0791. The Morgan fingerprint density at radius 2 is 2.17 bits per heavy atom. The Kier molecular flexibility index (Phi) is 3.19. The molecule has 0 radical (unpaired) electrons. The maximum absolute atomic E-state index is 12.1. The fourth-order valence-corrected chi connectivity index (χ4v) is 2.73. The van der Waals surface area contributed by atoms with E-state index in [1.807, 2.05) is 32.2 Å². The number of ether oxygens (including phenoxy) is 1. The first-order chi connectivity index (χ1) is 8.29. The number of rotatable bonds is 2. The van der Waals surface area contributed by atoms with E-state index in [-0.39, 0.29) is 11.9 Å². The van der Waals surface area contributed by atoms with Crippen LogP contribution in [0.2, 0.25) is 0 Å². The van der Waals surface area contributed by atoms with Gasteiger partial charge in [-0.15, -0.1) is 11.3 Å². The second-order valence-corrected chi connectivity index (χ2v) is 6.40. The van der Waals surface area contributed by atoms with Gasteiger partial charge in [0.15, 0.2) is 0 Å². The minimum atomic E-state index is -0.545. The number of carbonyl (C=O) groups is 2. The van der Waals surface area contributed by atoms with Crippen LogP contribution in [-0.2, 0) is 16.1 Å². The van der Waals surface area contributed by atoms with Crippen LogP contribution in [0, 0.1) is 0 Å². The predicted octanol–water partition coefficient (Wildman–Crippen LogP) is 2.43. The number of carbonyl (C=O) groups excluding carboxylic acids is 2. The molecule has 4 nitrogen and oxygen atoms in total. The maximum atomic E-state index is 12.1. The number of thiophene rings is 1. The molecule has 0 saturated carbocycles. The first kappa shape index (κ1) is 13.1. The Bertz CT molecular complexity index is 487. The van der Waals surface area contributed by atoms with E-state index in [1.54, 1.807) is 23.2 Å². The number of amides is 1. The monoisotopic (exact) mass is 267 g/mol. The van der Waals surface area contributed by atoms with Crippen LogP contribution in [-0.4, -0.2) is 28.4 Å². The highest BCUT2D eigenvalue weighted by Gasteiger charge is 2.36. The van der Waals surface area contributed by atoms with Crippen molar-refractivity contribution in [2.45, 2.75) is 45.9 Å². The molecule has 1 aromatic heterocycles. The quantitative estimate of drug-likeness (QED) is 0.773. The van der Waals surface area contributed by atoms with Crippen LogP contribution in [0.25, 0.3) is 0 Å². The van der Waals surface area contributed by atoms with Gasteiger partial charge in [0.2, 0.25) is 0 Å². The van der Waals surface area contributed by atoms with Crippen molar-refractivity contribution in [3.05, 3.63) is 21.9 Å². The first-order valence-corrected chi connectivity index (χ1v) is 6.78. The summed E-state index contributed by atoms with van der Waals surface area (Å²) in [5.41, 5.74) is 0.189. The van der Waals surface area contributed by atoms with Crippen molar-refractivity contribution < 1.29 is 14.3 Å². The molecule has 1 aromatic rings. The van der Waals surface area contributed by atoms with Crippen LogP contribution < -0.4 is 0 Å². The molecule has 0 unspecified atom stereocenters. The molecule has 0 spiro atoms. The maximum Gasteiger partial charge on any atom is 0.329 e. The van der Waals surface area contributed by atoms with Crippen molar-refractivity contribution in [3.63, 3.8) is 0 Å². The van der Waals surface area contributed by atoms with E-state index in [2.05, 4.69) is 0 Å². The van der Waals surface area contributed by atoms with Crippen LogP contribution in [0.1, 0.15) is 42.9 Å². The van der Waals surface area contributed by atoms with Crippen LogP contribution in [0.4, 0.5) is 0 Å². The summed E-state index contributed by atoms with van der Waals surface area (Å²) in [6, 6.07) is 1.26. The molecule has 1 aliphatic rings. The lowest BCUT2D eigenvalue weighted by Crippen LogP contribution is -2.42. The minimum Gasteiger partial charge on any atom is -0.458 e. The van der Waals surface area contributed by atoms with Gasteiger partial charge >= 0.3 is 5.97 Å². The Balaban J connectivity index is 2.08. The van der Waals surface area contributed by atoms with Crippen molar-refractivity contribution in [1.29, 1.82) is 0 Å². The fraction of sp³-hybridized carbons (Fsp3) is 0.538. The lowest BCUT2D eigenvalue weighted by molar-refractivity contribution is -0.159. The predicted molar refractivity (Wildman–Crippen MR) is 69.5 cm³/mol. The molecule has 1 amide bonds. The van der Waals surface area contributed by atoms with E-state index < -0.39 is 11.6 Å². The third-order valence-corrected chi connectivity index (χ3v) is 3.67. The third-order valence-electron chi connectivity index (χ3n) is 2.77. The smallest absolute Gasteiger partial charge is 0.329 e. The Labute approximate surface area is 111 Å². The zero-order chi connectivity index (χ0) is 13.5. The summed E-state index contributed by atoms with van der Waals surface area (Å²) in [5.74, 6) is -0.435. The number of esters is 1. The molecule has 98 valence electrons. The molecular weight excluding hydrogens is 250 g/mol. The largest absolute Gasteiger partial charge is 0.458 e. The zero-order valence-corrected chi connectivity index (χ0v) is 11.8. The number of hydrogen-bond acceptors (Lipinski definition) is 4. The molecule has 5 heteroatoms. The van der Waals surface area contributed by atoms with Crippen molar-refractivity contribution in [2.75, 3.05) is 0 Å². The van der Waals surface area contributed by atoms with Crippen LogP contribution in [0.15, 0.2) is 11.4 Å². The summed E-state index contributed by atoms with van der Waals surface area (Å²) in [5, 5.41) is 1.90. The normalized spacial score (nSPS) is 16.7. The van der Waals surface area contributed by atoms with E-state index in [4.69, 9.17) is 4.74 Å². The van der Waals surface area contributed by atoms with E-state index in [0.29, 0.717) is 6.54 Å². The molecule has 0 fully saturated rings. The Morgan fingerprint density at radius 3 is 2.72 bits per heavy atom. The molecule has 0 aromatic carbocycles. The van der Waals surface area contributed by atoms with Crippen LogP contribution in [0.5, 0.6) is 0 Å². The number of nitrogens with zero attached hydrogens (tertiary/aromatic N) is 1. The van der Waals surface area contributed by atoms with E-state index >= 15 is 0 Å². The van der Waals surface area contributed by atoms with Crippen LogP contribution in [0.3, 0.4) is 0 Å². The van der Waals surface area contributed by atoms with Gasteiger partial charge in [0.1, 0.15) is 11.6 Å². The van der Waals surface area contributed by atoms with Gasteiger partial charge in [0, 0.05) is 4.88 Å². The Hall–Kier alpha value is -1.36. The van der Waals surface area contributed by atoms with Crippen molar-refractivity contribution in [1.82, 2.24) is 4.90 Å². The van der Waals surface area contributed by atoms with E-state index in [0.717, 1.165) is 10.4 Å². The molecule has 2 heterocycles. The van der Waals surface area contributed by atoms with Crippen LogP contribution >= 0.6 is 11.3 Å². The van der Waals surface area contributed by atoms with Gasteiger partial charge in [-0.25, -0.2) is 4.79 Å². The first-order valence-electron chi connectivity index (χ1n) is 5.90. The SMILES string of the molecule is C[C@H](C(=O)OC(C)(C)C)N1Cc2sccc2C1=O. The summed E-state index contributed by atoms with van der Waals surface area (Å²) < 4.78 is 5.31. The van der Waals surface area contributed by atoms with Gasteiger partial charge in [-0.2, -0.15) is 0 Å². The molecule has 2 rings (SSSR count). The summed E-state index contributed by atoms with van der Waals surface area (Å²) >= 11 is 1.55.